The summed E-state index contributed by atoms with van der Waals surface area (Å²) in [6.45, 7) is 12.8. The molecule has 0 atom stereocenters. The average Bonchev–Trinajstić information content (AvgIpc) is 3.05. The highest BCUT2D eigenvalue weighted by Crippen LogP contribution is 2.23. The Morgan fingerprint density at radius 2 is 2.17 bits per heavy atom. The number of nitrogens with zero attached hydrogens (tertiary/aromatic N) is 3. The Morgan fingerprint density at radius 1 is 1.42 bits per heavy atom. The van der Waals surface area contributed by atoms with E-state index in [9.17, 15) is 4.79 Å². The quantitative estimate of drug-likeness (QED) is 0.290. The van der Waals surface area contributed by atoms with Gasteiger partial charge in [0.25, 0.3) is 0 Å². The van der Waals surface area contributed by atoms with E-state index >= 15 is 0 Å². The first-order valence-corrected chi connectivity index (χ1v) is 7.28. The predicted molar refractivity (Wildman–Crippen MR) is 89.6 cm³/mol. The Bertz CT molecular complexity index is 810. The number of hydrogen-bond donors (Lipinski definition) is 2. The number of aromatic nitrogens is 1. The van der Waals surface area contributed by atoms with Crippen LogP contribution in [0, 0.1) is 6.57 Å². The number of Topliss-reactive ketones (excluding diaryl/α,β-unsaturated/α-hetero) is 1. The summed E-state index contributed by atoms with van der Waals surface area (Å²) >= 11 is 0. The van der Waals surface area contributed by atoms with Crippen molar-refractivity contribution in [3.05, 3.63) is 58.8 Å². The highest BCUT2D eigenvalue weighted by Gasteiger charge is 2.24. The molecule has 0 aliphatic carbocycles. The zero-order chi connectivity index (χ0) is 17.7. The van der Waals surface area contributed by atoms with E-state index in [4.69, 9.17) is 16.2 Å². The number of amidine groups is 1. The van der Waals surface area contributed by atoms with Gasteiger partial charge in [-0.05, 0) is 22.8 Å². The van der Waals surface area contributed by atoms with Gasteiger partial charge in [0.05, 0.1) is 12.3 Å². The molecule has 124 valence electrons. The summed E-state index contributed by atoms with van der Waals surface area (Å²) in [6, 6.07) is 8.39. The number of rotatable bonds is 5. The van der Waals surface area contributed by atoms with Crippen molar-refractivity contribution in [1.82, 2.24) is 5.16 Å². The van der Waals surface area contributed by atoms with Crippen LogP contribution in [0.5, 0.6) is 0 Å². The molecule has 0 aliphatic heterocycles. The van der Waals surface area contributed by atoms with E-state index in [-0.39, 0.29) is 23.6 Å². The second kappa shape index (κ2) is 7.06. The minimum atomic E-state index is -0.616. The number of nitrogens with one attached hydrogen (secondary N) is 1. The zero-order valence-corrected chi connectivity index (χ0v) is 13.7. The van der Waals surface area contributed by atoms with Crippen LogP contribution in [0.1, 0.15) is 42.6 Å². The van der Waals surface area contributed by atoms with Gasteiger partial charge in [-0.25, -0.2) is 5.43 Å². The van der Waals surface area contributed by atoms with Gasteiger partial charge in [0.2, 0.25) is 5.78 Å². The van der Waals surface area contributed by atoms with Crippen molar-refractivity contribution >= 4 is 17.3 Å². The molecule has 0 amide bonds. The van der Waals surface area contributed by atoms with Crippen LogP contribution in [0.4, 0.5) is 5.69 Å². The van der Waals surface area contributed by atoms with Crippen LogP contribution in [0.25, 0.3) is 4.85 Å². The van der Waals surface area contributed by atoms with Crippen molar-refractivity contribution in [2.24, 2.45) is 5.10 Å². The molecule has 0 saturated heterocycles. The van der Waals surface area contributed by atoms with Gasteiger partial charge in [0.1, 0.15) is 11.5 Å². The van der Waals surface area contributed by atoms with Gasteiger partial charge in [-0.1, -0.05) is 44.6 Å². The van der Waals surface area contributed by atoms with Crippen molar-refractivity contribution < 1.29 is 14.4 Å². The van der Waals surface area contributed by atoms with E-state index in [2.05, 4.69) is 20.5 Å². The molecule has 1 aromatic carbocycles. The lowest BCUT2D eigenvalue weighted by atomic mass is 9.93. The maximum atomic E-state index is 12.3. The summed E-state index contributed by atoms with van der Waals surface area (Å²) < 4.78 is 5.16. The molecular formula is C17H18N4O3. The monoisotopic (exact) mass is 326 g/mol. The summed E-state index contributed by atoms with van der Waals surface area (Å²) in [5.41, 5.74) is 3.65. The molecule has 0 saturated carbocycles. The Hall–Kier alpha value is -2.98. The van der Waals surface area contributed by atoms with E-state index in [1.807, 2.05) is 20.8 Å². The topological polar surface area (TPSA) is 92.1 Å². The van der Waals surface area contributed by atoms with Crippen molar-refractivity contribution in [1.29, 1.82) is 0 Å². The van der Waals surface area contributed by atoms with Gasteiger partial charge < -0.3 is 14.5 Å². The van der Waals surface area contributed by atoms with E-state index in [1.165, 1.54) is 6.07 Å². The molecule has 2 rings (SSSR count). The van der Waals surface area contributed by atoms with Crippen molar-refractivity contribution in [3.63, 3.8) is 0 Å². The highest BCUT2D eigenvalue weighted by atomic mass is 16.5. The summed E-state index contributed by atoms with van der Waals surface area (Å²) in [6.07, 6.45) is 0. The number of hydrazone groups is 1. The molecule has 1 aromatic heterocycles. The second-order valence-corrected chi connectivity index (χ2v) is 6.17. The molecule has 24 heavy (non-hydrogen) atoms. The van der Waals surface area contributed by atoms with E-state index in [0.717, 1.165) is 0 Å². The summed E-state index contributed by atoms with van der Waals surface area (Å²) in [4.78, 5) is 15.5. The first-order chi connectivity index (χ1) is 11.3. The number of anilines is 1. The normalized spacial score (nSPS) is 11.9. The summed E-state index contributed by atoms with van der Waals surface area (Å²) in [5, 5.41) is 16.7. The molecule has 0 bridgehead atoms. The lowest BCUT2D eigenvalue weighted by Gasteiger charge is -2.11. The average molecular weight is 326 g/mol. The number of ketones is 1. The van der Waals surface area contributed by atoms with Crippen LogP contribution in [-0.4, -0.2) is 21.9 Å². The highest BCUT2D eigenvalue weighted by molar-refractivity contribution is 6.48. The molecule has 7 heteroatoms. The van der Waals surface area contributed by atoms with Crippen molar-refractivity contribution in [2.75, 3.05) is 5.43 Å². The molecule has 1 heterocycles. The standard InChI is InChI=1S/C17H18N4O3/c1-17(2,3)14-9-13(21-24-14)15(23)16(18-4)20-19-12-7-5-6-11(8-12)10-22/h5-9,19,22H,10H2,1-3H3/b20-16+. The van der Waals surface area contributed by atoms with Crippen LogP contribution in [0.2, 0.25) is 0 Å². The van der Waals surface area contributed by atoms with Crippen LogP contribution >= 0.6 is 0 Å². The van der Waals surface area contributed by atoms with Gasteiger partial charge in [0, 0.05) is 11.5 Å². The van der Waals surface area contributed by atoms with E-state index in [0.29, 0.717) is 17.0 Å². The van der Waals surface area contributed by atoms with Crippen LogP contribution in [0.15, 0.2) is 40.0 Å². The Balaban J connectivity index is 2.19. The van der Waals surface area contributed by atoms with Gasteiger partial charge >= 0.3 is 5.84 Å². The number of carbonyl (C=O) groups is 1. The van der Waals surface area contributed by atoms with E-state index in [1.54, 1.807) is 24.3 Å². The fourth-order valence-corrected chi connectivity index (χ4v) is 1.83. The smallest absolute Gasteiger partial charge is 0.343 e. The molecular weight excluding hydrogens is 308 g/mol. The molecule has 0 aliphatic rings. The first kappa shape index (κ1) is 17.4. The molecule has 2 aromatic rings. The SMILES string of the molecule is [C-]#[N+]/C(=N/Nc1cccc(CO)c1)C(=O)c1cc(C(C)(C)C)on1. The third-order valence-corrected chi connectivity index (χ3v) is 3.19. The fraction of sp³-hybridized carbons (Fsp3) is 0.294. The van der Waals surface area contributed by atoms with Gasteiger partial charge in [0.15, 0.2) is 0 Å². The molecule has 0 fully saturated rings. The van der Waals surface area contributed by atoms with E-state index < -0.39 is 5.78 Å². The molecule has 0 unspecified atom stereocenters. The third kappa shape index (κ3) is 4.06. The molecule has 0 radical (unpaired) electrons. The largest absolute Gasteiger partial charge is 0.392 e. The number of hydrogen-bond acceptors (Lipinski definition) is 6. The van der Waals surface area contributed by atoms with Crippen molar-refractivity contribution in [2.45, 2.75) is 32.8 Å². The minimum absolute atomic E-state index is 0.0422. The number of carbonyl (C=O) groups excluding carboxylic acids is 1. The third-order valence-electron chi connectivity index (χ3n) is 3.19. The Labute approximate surface area is 139 Å². The van der Waals surface area contributed by atoms with Gasteiger partial charge in [-0.15, -0.1) is 0 Å². The van der Waals surface area contributed by atoms with Crippen LogP contribution in [-0.2, 0) is 12.0 Å². The number of aliphatic hydroxyl groups excluding tert-OH is 1. The molecule has 0 spiro atoms. The van der Waals surface area contributed by atoms with Crippen LogP contribution in [0.3, 0.4) is 0 Å². The van der Waals surface area contributed by atoms with Gasteiger partial charge in [-0.3, -0.25) is 4.79 Å². The Morgan fingerprint density at radius 3 is 2.75 bits per heavy atom. The minimum Gasteiger partial charge on any atom is -0.392 e. The second-order valence-electron chi connectivity index (χ2n) is 6.17. The van der Waals surface area contributed by atoms with Crippen molar-refractivity contribution in [3.8, 4) is 0 Å². The van der Waals surface area contributed by atoms with Crippen LogP contribution < -0.4 is 5.43 Å². The molecule has 2 N–H and O–H groups in total. The maximum absolute atomic E-state index is 12.3. The fourth-order valence-electron chi connectivity index (χ4n) is 1.83. The summed E-state index contributed by atoms with van der Waals surface area (Å²) in [7, 11) is 0. The number of benzene rings is 1. The lowest BCUT2D eigenvalue weighted by Crippen LogP contribution is -2.13. The maximum Gasteiger partial charge on any atom is 0.343 e. The predicted octanol–water partition coefficient (Wildman–Crippen LogP) is 2.99. The number of aliphatic hydroxyl groups is 1. The lowest BCUT2D eigenvalue weighted by molar-refractivity contribution is 0.105. The summed E-state index contributed by atoms with van der Waals surface area (Å²) in [5.74, 6) is -0.410. The Kier molecular flexibility index (Phi) is 5.11. The zero-order valence-electron chi connectivity index (χ0n) is 13.7. The first-order valence-electron chi connectivity index (χ1n) is 7.28. The van der Waals surface area contributed by atoms with Gasteiger partial charge in [-0.2, -0.15) is 0 Å². The molecule has 7 nitrogen and oxygen atoms in total.